The first-order valence-corrected chi connectivity index (χ1v) is 8.09. The van der Waals surface area contributed by atoms with Crippen molar-refractivity contribution in [2.24, 2.45) is 0 Å². The number of amides is 2. The minimum Gasteiger partial charge on any atom is -0.352 e. The monoisotopic (exact) mass is 294 g/mol. The number of carbonyl (C=O) groups excluding carboxylic acids is 2. The third kappa shape index (κ3) is 5.65. The predicted octanol–water partition coefficient (Wildman–Crippen LogP) is 2.91. The van der Waals surface area contributed by atoms with Crippen molar-refractivity contribution < 1.29 is 9.59 Å². The topological polar surface area (TPSA) is 58.2 Å². The third-order valence-corrected chi connectivity index (χ3v) is 3.70. The van der Waals surface area contributed by atoms with Gasteiger partial charge in [-0.05, 0) is 31.2 Å². The van der Waals surface area contributed by atoms with Gasteiger partial charge in [-0.2, -0.15) is 11.8 Å². The van der Waals surface area contributed by atoms with E-state index in [-0.39, 0.29) is 11.8 Å². The molecule has 0 aromatic heterocycles. The molecule has 20 heavy (non-hydrogen) atoms. The summed E-state index contributed by atoms with van der Waals surface area (Å²) >= 11 is 1.62. The third-order valence-electron chi connectivity index (χ3n) is 2.66. The predicted molar refractivity (Wildman–Crippen MR) is 85.3 cm³/mol. The highest BCUT2D eigenvalue weighted by Crippen LogP contribution is 2.15. The Morgan fingerprint density at radius 3 is 2.65 bits per heavy atom. The van der Waals surface area contributed by atoms with E-state index < -0.39 is 0 Å². The van der Waals surface area contributed by atoms with Crippen LogP contribution in [0.15, 0.2) is 24.3 Å². The standard InChI is InChI=1S/C15H22N2O2S/c1-3-5-10-20-11-14(18)17-13-9-7-6-8-12(13)15(19)16-4-2/h6-9H,3-5,10-11H2,1-2H3,(H,16,19)(H,17,18). The molecule has 1 rings (SSSR count). The van der Waals surface area contributed by atoms with Gasteiger partial charge in [0.25, 0.3) is 5.91 Å². The van der Waals surface area contributed by atoms with E-state index in [1.165, 1.54) is 0 Å². The van der Waals surface area contributed by atoms with Crippen molar-refractivity contribution in [1.29, 1.82) is 0 Å². The Kier molecular flexibility index (Phi) is 7.80. The normalized spacial score (nSPS) is 10.1. The minimum absolute atomic E-state index is 0.0668. The van der Waals surface area contributed by atoms with Crippen LogP contribution in [-0.4, -0.2) is 29.9 Å². The van der Waals surface area contributed by atoms with E-state index in [2.05, 4.69) is 17.6 Å². The molecule has 1 aromatic rings. The van der Waals surface area contributed by atoms with Crippen LogP contribution in [-0.2, 0) is 4.79 Å². The molecule has 0 aliphatic rings. The van der Waals surface area contributed by atoms with Gasteiger partial charge >= 0.3 is 0 Å². The van der Waals surface area contributed by atoms with Gasteiger partial charge < -0.3 is 10.6 Å². The number of anilines is 1. The molecule has 2 amide bonds. The zero-order valence-electron chi connectivity index (χ0n) is 12.1. The number of rotatable bonds is 8. The molecule has 0 aliphatic carbocycles. The maximum Gasteiger partial charge on any atom is 0.253 e. The molecule has 0 aliphatic heterocycles. The molecule has 110 valence electrons. The maximum absolute atomic E-state index is 11.9. The fourth-order valence-corrected chi connectivity index (χ4v) is 2.54. The average Bonchev–Trinajstić information content (AvgIpc) is 2.44. The van der Waals surface area contributed by atoms with E-state index in [1.54, 1.807) is 30.0 Å². The van der Waals surface area contributed by atoms with Crippen molar-refractivity contribution in [3.63, 3.8) is 0 Å². The lowest BCUT2D eigenvalue weighted by Gasteiger charge is -2.10. The SMILES string of the molecule is CCCCSCC(=O)Nc1ccccc1C(=O)NCC. The number of benzene rings is 1. The molecular weight excluding hydrogens is 272 g/mol. The van der Waals surface area contributed by atoms with Crippen LogP contribution in [0.1, 0.15) is 37.0 Å². The number of hydrogen-bond donors (Lipinski definition) is 2. The van der Waals surface area contributed by atoms with Crippen LogP contribution < -0.4 is 10.6 Å². The highest BCUT2D eigenvalue weighted by atomic mass is 32.2. The maximum atomic E-state index is 11.9. The largest absolute Gasteiger partial charge is 0.352 e. The van der Waals surface area contributed by atoms with E-state index in [1.807, 2.05) is 13.0 Å². The molecule has 0 saturated carbocycles. The van der Waals surface area contributed by atoms with Gasteiger partial charge in [-0.25, -0.2) is 0 Å². The van der Waals surface area contributed by atoms with E-state index in [9.17, 15) is 9.59 Å². The Morgan fingerprint density at radius 1 is 1.20 bits per heavy atom. The number of para-hydroxylation sites is 1. The van der Waals surface area contributed by atoms with Crippen LogP contribution in [0.5, 0.6) is 0 Å². The molecule has 0 spiro atoms. The second-order valence-electron chi connectivity index (χ2n) is 4.36. The molecule has 2 N–H and O–H groups in total. The Balaban J connectivity index is 2.58. The Hall–Kier alpha value is -1.49. The number of unbranched alkanes of at least 4 members (excludes halogenated alkanes) is 1. The highest BCUT2D eigenvalue weighted by molar-refractivity contribution is 7.99. The van der Waals surface area contributed by atoms with Crippen molar-refractivity contribution in [1.82, 2.24) is 5.32 Å². The molecule has 5 heteroatoms. The summed E-state index contributed by atoms with van der Waals surface area (Å²) in [4.78, 5) is 23.7. The number of hydrogen-bond acceptors (Lipinski definition) is 3. The molecule has 0 heterocycles. The molecule has 0 unspecified atom stereocenters. The summed E-state index contributed by atoms with van der Waals surface area (Å²) in [5.74, 6) is 1.18. The van der Waals surface area contributed by atoms with Gasteiger partial charge in [-0.3, -0.25) is 9.59 Å². The second kappa shape index (κ2) is 9.42. The van der Waals surface area contributed by atoms with E-state index in [0.717, 1.165) is 18.6 Å². The fraction of sp³-hybridized carbons (Fsp3) is 0.467. The highest BCUT2D eigenvalue weighted by Gasteiger charge is 2.11. The van der Waals surface area contributed by atoms with Gasteiger partial charge in [-0.1, -0.05) is 25.5 Å². The van der Waals surface area contributed by atoms with Gasteiger partial charge in [0.15, 0.2) is 0 Å². The molecular formula is C15H22N2O2S. The van der Waals surface area contributed by atoms with E-state index in [4.69, 9.17) is 0 Å². The lowest BCUT2D eigenvalue weighted by molar-refractivity contribution is -0.113. The summed E-state index contributed by atoms with van der Waals surface area (Å²) in [5.41, 5.74) is 1.07. The Labute approximate surface area is 124 Å². The van der Waals surface area contributed by atoms with Crippen molar-refractivity contribution in [2.45, 2.75) is 26.7 Å². The first-order valence-electron chi connectivity index (χ1n) is 6.93. The van der Waals surface area contributed by atoms with Crippen LogP contribution in [0.25, 0.3) is 0 Å². The fourth-order valence-electron chi connectivity index (χ4n) is 1.64. The summed E-state index contributed by atoms with van der Waals surface area (Å²) in [6.07, 6.45) is 2.25. The van der Waals surface area contributed by atoms with Crippen LogP contribution in [0.2, 0.25) is 0 Å². The lowest BCUT2D eigenvalue weighted by atomic mass is 10.1. The van der Waals surface area contributed by atoms with Crippen LogP contribution in [0.3, 0.4) is 0 Å². The van der Waals surface area contributed by atoms with Gasteiger partial charge in [0.2, 0.25) is 5.91 Å². The van der Waals surface area contributed by atoms with Crippen molar-refractivity contribution in [2.75, 3.05) is 23.4 Å². The van der Waals surface area contributed by atoms with Crippen molar-refractivity contribution in [3.8, 4) is 0 Å². The minimum atomic E-state index is -0.165. The molecule has 0 fully saturated rings. The molecule has 0 radical (unpaired) electrons. The number of carbonyl (C=O) groups is 2. The van der Waals surface area contributed by atoms with Crippen LogP contribution in [0.4, 0.5) is 5.69 Å². The second-order valence-corrected chi connectivity index (χ2v) is 5.46. The zero-order valence-corrected chi connectivity index (χ0v) is 12.9. The molecule has 0 bridgehead atoms. The summed E-state index contributed by atoms with van der Waals surface area (Å²) < 4.78 is 0. The first-order chi connectivity index (χ1) is 9.69. The van der Waals surface area contributed by atoms with E-state index in [0.29, 0.717) is 23.5 Å². The first kappa shape index (κ1) is 16.6. The summed E-state index contributed by atoms with van der Waals surface area (Å²) in [6, 6.07) is 7.06. The summed E-state index contributed by atoms with van der Waals surface area (Å²) in [6.45, 7) is 4.56. The molecule has 1 aromatic carbocycles. The van der Waals surface area contributed by atoms with Gasteiger partial charge in [0.1, 0.15) is 0 Å². The molecule has 0 atom stereocenters. The number of thioether (sulfide) groups is 1. The Morgan fingerprint density at radius 2 is 1.95 bits per heavy atom. The average molecular weight is 294 g/mol. The van der Waals surface area contributed by atoms with Gasteiger partial charge in [-0.15, -0.1) is 0 Å². The van der Waals surface area contributed by atoms with Crippen LogP contribution >= 0.6 is 11.8 Å². The zero-order chi connectivity index (χ0) is 14.8. The van der Waals surface area contributed by atoms with Crippen LogP contribution in [0, 0.1) is 0 Å². The smallest absolute Gasteiger partial charge is 0.253 e. The van der Waals surface area contributed by atoms with Crippen molar-refractivity contribution in [3.05, 3.63) is 29.8 Å². The van der Waals surface area contributed by atoms with E-state index >= 15 is 0 Å². The number of nitrogens with one attached hydrogen (secondary N) is 2. The lowest BCUT2D eigenvalue weighted by Crippen LogP contribution is -2.25. The molecule has 4 nitrogen and oxygen atoms in total. The summed E-state index contributed by atoms with van der Waals surface area (Å²) in [5, 5.41) is 5.55. The van der Waals surface area contributed by atoms with Crippen molar-refractivity contribution >= 4 is 29.3 Å². The Bertz CT molecular complexity index is 449. The molecule has 0 saturated heterocycles. The summed E-state index contributed by atoms with van der Waals surface area (Å²) in [7, 11) is 0. The quantitative estimate of drug-likeness (QED) is 0.725. The van der Waals surface area contributed by atoms with Gasteiger partial charge in [0.05, 0.1) is 17.0 Å². The van der Waals surface area contributed by atoms with Gasteiger partial charge in [0, 0.05) is 6.54 Å².